The van der Waals surface area contributed by atoms with Crippen molar-refractivity contribution < 1.29 is 9.59 Å². The minimum absolute atomic E-state index is 0.275. The summed E-state index contributed by atoms with van der Waals surface area (Å²) in [4.78, 5) is 27.8. The molecule has 2 atom stereocenters. The monoisotopic (exact) mass is 394 g/mol. The molecule has 3 N–H and O–H groups in total. The smallest absolute Gasteiger partial charge is 0.315 e. The van der Waals surface area contributed by atoms with Crippen molar-refractivity contribution in [3.8, 4) is 0 Å². The van der Waals surface area contributed by atoms with Gasteiger partial charge in [-0.25, -0.2) is 4.79 Å². The molecule has 1 aliphatic heterocycles. The maximum atomic E-state index is 12.9. The first-order chi connectivity index (χ1) is 14.1. The third-order valence-electron chi connectivity index (χ3n) is 5.09. The van der Waals surface area contributed by atoms with E-state index in [1.165, 1.54) is 12.8 Å². The quantitative estimate of drug-likeness (QED) is 0.642. The second kappa shape index (κ2) is 10.6. The lowest BCUT2D eigenvalue weighted by molar-refractivity contribution is -0.118. The van der Waals surface area contributed by atoms with Gasteiger partial charge in [-0.15, -0.1) is 0 Å². The van der Waals surface area contributed by atoms with Crippen LogP contribution in [0.3, 0.4) is 0 Å². The first kappa shape index (κ1) is 20.9. The van der Waals surface area contributed by atoms with Crippen LogP contribution >= 0.6 is 0 Å². The second-order valence-corrected chi connectivity index (χ2v) is 7.67. The van der Waals surface area contributed by atoms with Crippen LogP contribution in [-0.4, -0.2) is 43.0 Å². The number of benzene rings is 2. The van der Waals surface area contributed by atoms with Crippen LogP contribution in [0, 0.1) is 5.92 Å². The average molecular weight is 395 g/mol. The standard InChI is InChI=1S/C23H30N4O2/c1-18(17-27-14-8-9-15-27)16-24-23(29)26-21(19-10-4-2-5-11-19)22(28)25-20-12-6-3-7-13-20/h2-7,10-13,18,21H,8-9,14-17H2,1H3,(H,25,28)(H2,24,26,29). The van der Waals surface area contributed by atoms with Crippen molar-refractivity contribution in [2.24, 2.45) is 5.92 Å². The molecule has 3 rings (SSSR count). The summed E-state index contributed by atoms with van der Waals surface area (Å²) in [5.74, 6) is 0.0786. The maximum absolute atomic E-state index is 12.9. The minimum Gasteiger partial charge on any atom is -0.338 e. The molecule has 6 nitrogen and oxygen atoms in total. The number of para-hydroxylation sites is 1. The third-order valence-corrected chi connectivity index (χ3v) is 5.09. The van der Waals surface area contributed by atoms with Gasteiger partial charge in [-0.2, -0.15) is 0 Å². The largest absolute Gasteiger partial charge is 0.338 e. The van der Waals surface area contributed by atoms with Gasteiger partial charge in [0.15, 0.2) is 0 Å². The third kappa shape index (κ3) is 6.61. The lowest BCUT2D eigenvalue weighted by atomic mass is 10.1. The molecule has 3 amide bonds. The van der Waals surface area contributed by atoms with Crippen LogP contribution in [0.4, 0.5) is 10.5 Å². The summed E-state index contributed by atoms with van der Waals surface area (Å²) in [6.07, 6.45) is 2.52. The van der Waals surface area contributed by atoms with E-state index in [4.69, 9.17) is 0 Å². The van der Waals surface area contributed by atoms with Crippen LogP contribution in [0.1, 0.15) is 31.4 Å². The number of hydrogen-bond donors (Lipinski definition) is 3. The highest BCUT2D eigenvalue weighted by Gasteiger charge is 2.23. The van der Waals surface area contributed by atoms with Crippen molar-refractivity contribution in [1.29, 1.82) is 0 Å². The summed E-state index contributed by atoms with van der Waals surface area (Å²) in [5.41, 5.74) is 1.43. The Labute approximate surface area is 172 Å². The fourth-order valence-electron chi connectivity index (χ4n) is 3.60. The van der Waals surface area contributed by atoms with Gasteiger partial charge in [0.05, 0.1) is 0 Å². The van der Waals surface area contributed by atoms with E-state index in [0.717, 1.165) is 25.2 Å². The van der Waals surface area contributed by atoms with Crippen molar-refractivity contribution >= 4 is 17.6 Å². The Morgan fingerprint density at radius 3 is 2.24 bits per heavy atom. The molecule has 1 fully saturated rings. The number of nitrogens with one attached hydrogen (secondary N) is 3. The van der Waals surface area contributed by atoms with Gasteiger partial charge in [0.25, 0.3) is 5.91 Å². The summed E-state index contributed by atoms with van der Waals surface area (Å²) in [5, 5.41) is 8.62. The Morgan fingerprint density at radius 2 is 1.59 bits per heavy atom. The highest BCUT2D eigenvalue weighted by atomic mass is 16.2. The molecule has 2 aromatic rings. The zero-order valence-electron chi connectivity index (χ0n) is 16.9. The Kier molecular flexibility index (Phi) is 7.64. The summed E-state index contributed by atoms with van der Waals surface area (Å²) in [6, 6.07) is 17.4. The van der Waals surface area contributed by atoms with Gasteiger partial charge in [0.2, 0.25) is 0 Å². The summed E-state index contributed by atoms with van der Waals surface area (Å²) >= 11 is 0. The lowest BCUT2D eigenvalue weighted by Crippen LogP contribution is -2.44. The van der Waals surface area contributed by atoms with Gasteiger partial charge < -0.3 is 20.9 Å². The molecule has 0 spiro atoms. The van der Waals surface area contributed by atoms with Gasteiger partial charge in [0.1, 0.15) is 6.04 Å². The molecule has 154 valence electrons. The van der Waals surface area contributed by atoms with Gasteiger partial charge in [-0.05, 0) is 49.5 Å². The van der Waals surface area contributed by atoms with Gasteiger partial charge in [-0.3, -0.25) is 4.79 Å². The number of hydrogen-bond acceptors (Lipinski definition) is 3. The normalized spacial score (nSPS) is 16.0. The predicted molar refractivity (Wildman–Crippen MR) is 116 cm³/mol. The van der Waals surface area contributed by atoms with Gasteiger partial charge in [-0.1, -0.05) is 55.5 Å². The first-order valence-electron chi connectivity index (χ1n) is 10.3. The molecule has 0 aliphatic carbocycles. The number of carbonyl (C=O) groups excluding carboxylic acids is 2. The molecular weight excluding hydrogens is 364 g/mol. The first-order valence-corrected chi connectivity index (χ1v) is 10.3. The Morgan fingerprint density at radius 1 is 0.966 bits per heavy atom. The van der Waals surface area contributed by atoms with Crippen molar-refractivity contribution in [1.82, 2.24) is 15.5 Å². The molecule has 0 aromatic heterocycles. The van der Waals surface area contributed by atoms with Crippen LogP contribution in [0.15, 0.2) is 60.7 Å². The van der Waals surface area contributed by atoms with Crippen LogP contribution in [-0.2, 0) is 4.79 Å². The molecule has 2 unspecified atom stereocenters. The average Bonchev–Trinajstić information content (AvgIpc) is 3.25. The molecule has 1 heterocycles. The highest BCUT2D eigenvalue weighted by Crippen LogP contribution is 2.16. The van der Waals surface area contributed by atoms with Crippen molar-refractivity contribution in [3.05, 3.63) is 66.2 Å². The van der Waals surface area contributed by atoms with E-state index >= 15 is 0 Å². The number of amides is 3. The zero-order chi connectivity index (χ0) is 20.5. The Bertz CT molecular complexity index is 776. The van der Waals surface area contributed by atoms with Gasteiger partial charge in [0, 0.05) is 18.8 Å². The molecule has 6 heteroatoms. The molecule has 1 aliphatic rings. The highest BCUT2D eigenvalue weighted by molar-refractivity contribution is 5.97. The Balaban J connectivity index is 1.57. The SMILES string of the molecule is CC(CNC(=O)NC(C(=O)Nc1ccccc1)c1ccccc1)CN1CCCC1. The van der Waals surface area contributed by atoms with Crippen LogP contribution in [0.25, 0.3) is 0 Å². The fraction of sp³-hybridized carbons (Fsp3) is 0.391. The molecule has 1 saturated heterocycles. The molecule has 0 bridgehead atoms. The molecule has 0 radical (unpaired) electrons. The topological polar surface area (TPSA) is 73.5 Å². The number of carbonyl (C=O) groups is 2. The van der Waals surface area contributed by atoms with E-state index in [2.05, 4.69) is 27.8 Å². The van der Waals surface area contributed by atoms with Gasteiger partial charge >= 0.3 is 6.03 Å². The molecule has 2 aromatic carbocycles. The van der Waals surface area contributed by atoms with E-state index in [-0.39, 0.29) is 11.9 Å². The van der Waals surface area contributed by atoms with Crippen LogP contribution in [0.2, 0.25) is 0 Å². The summed E-state index contributed by atoms with van der Waals surface area (Å²) in [6.45, 7) is 5.98. The summed E-state index contributed by atoms with van der Waals surface area (Å²) in [7, 11) is 0. The van der Waals surface area contributed by atoms with Crippen molar-refractivity contribution in [2.45, 2.75) is 25.8 Å². The second-order valence-electron chi connectivity index (χ2n) is 7.67. The molecule has 0 saturated carbocycles. The van der Waals surface area contributed by atoms with Crippen LogP contribution in [0.5, 0.6) is 0 Å². The number of likely N-dealkylation sites (tertiary alicyclic amines) is 1. The van der Waals surface area contributed by atoms with E-state index in [0.29, 0.717) is 18.2 Å². The maximum Gasteiger partial charge on any atom is 0.315 e. The van der Waals surface area contributed by atoms with Crippen molar-refractivity contribution in [3.63, 3.8) is 0 Å². The number of urea groups is 1. The Hall–Kier alpha value is -2.86. The number of nitrogens with zero attached hydrogens (tertiary/aromatic N) is 1. The fourth-order valence-corrected chi connectivity index (χ4v) is 3.60. The lowest BCUT2D eigenvalue weighted by Gasteiger charge is -2.22. The van der Waals surface area contributed by atoms with E-state index < -0.39 is 6.04 Å². The van der Waals surface area contributed by atoms with E-state index in [1.807, 2.05) is 60.7 Å². The predicted octanol–water partition coefficient (Wildman–Crippen LogP) is 3.40. The zero-order valence-corrected chi connectivity index (χ0v) is 16.9. The summed E-state index contributed by atoms with van der Waals surface area (Å²) < 4.78 is 0. The van der Waals surface area contributed by atoms with E-state index in [1.54, 1.807) is 0 Å². The molecular formula is C23H30N4O2. The van der Waals surface area contributed by atoms with Crippen LogP contribution < -0.4 is 16.0 Å². The number of anilines is 1. The number of rotatable bonds is 8. The minimum atomic E-state index is -0.773. The molecule has 29 heavy (non-hydrogen) atoms. The van der Waals surface area contributed by atoms with Crippen molar-refractivity contribution in [2.75, 3.05) is 31.5 Å². The van der Waals surface area contributed by atoms with E-state index in [9.17, 15) is 9.59 Å².